The summed E-state index contributed by atoms with van der Waals surface area (Å²) >= 11 is 0. The van der Waals surface area contributed by atoms with Crippen LogP contribution in [0.5, 0.6) is 0 Å². The average Bonchev–Trinajstić information content (AvgIpc) is 2.44. The number of piperidine rings is 1. The molecule has 0 bridgehead atoms. The lowest BCUT2D eigenvalue weighted by molar-refractivity contribution is 0.0681. The topological polar surface area (TPSA) is 54.5 Å². The molecule has 1 aliphatic heterocycles. The van der Waals surface area contributed by atoms with Gasteiger partial charge in [0.15, 0.2) is 0 Å². The fourth-order valence-corrected chi connectivity index (χ4v) is 3.54. The summed E-state index contributed by atoms with van der Waals surface area (Å²) in [5.74, 6) is 0.383. The number of halogens is 1. The van der Waals surface area contributed by atoms with Crippen LogP contribution in [-0.2, 0) is 15.5 Å². The smallest absolute Gasteiger partial charge is 0.261 e. The van der Waals surface area contributed by atoms with Gasteiger partial charge in [-0.2, -0.15) is 0 Å². The summed E-state index contributed by atoms with van der Waals surface area (Å²) in [6, 6.07) is 4.54. The molecule has 1 aromatic rings. The van der Waals surface area contributed by atoms with Crippen molar-refractivity contribution in [2.45, 2.75) is 38.0 Å². The highest BCUT2D eigenvalue weighted by Crippen LogP contribution is 2.23. The summed E-state index contributed by atoms with van der Waals surface area (Å²) in [5, 5.41) is 0. The average molecular weight is 330 g/mol. The molecular formula is C15H20ClNO3S. The summed E-state index contributed by atoms with van der Waals surface area (Å²) in [6.45, 7) is 5.52. The van der Waals surface area contributed by atoms with Gasteiger partial charge in [0.2, 0.25) is 0 Å². The first kappa shape index (κ1) is 16.3. The molecule has 21 heavy (non-hydrogen) atoms. The first-order valence-electron chi connectivity index (χ1n) is 7.19. The van der Waals surface area contributed by atoms with Crippen molar-refractivity contribution in [3.8, 4) is 0 Å². The predicted molar refractivity (Wildman–Crippen MR) is 83.2 cm³/mol. The maximum absolute atomic E-state index is 12.7. The van der Waals surface area contributed by atoms with Crippen LogP contribution in [0.3, 0.4) is 0 Å². The van der Waals surface area contributed by atoms with Gasteiger partial charge in [-0.25, -0.2) is 8.42 Å². The molecule has 0 radical (unpaired) electrons. The van der Waals surface area contributed by atoms with Crippen molar-refractivity contribution in [2.24, 2.45) is 5.92 Å². The molecule has 0 aromatic heterocycles. The molecule has 0 spiro atoms. The van der Waals surface area contributed by atoms with Gasteiger partial charge >= 0.3 is 0 Å². The van der Waals surface area contributed by atoms with Gasteiger partial charge in [0.1, 0.15) is 0 Å². The number of rotatable bonds is 3. The Labute approximate surface area is 130 Å². The van der Waals surface area contributed by atoms with Crippen LogP contribution in [0.15, 0.2) is 23.1 Å². The molecular weight excluding hydrogens is 310 g/mol. The van der Waals surface area contributed by atoms with Gasteiger partial charge in [-0.05, 0) is 42.9 Å². The molecule has 1 aromatic carbocycles. The number of hydrogen-bond acceptors (Lipinski definition) is 3. The van der Waals surface area contributed by atoms with E-state index in [1.165, 1.54) is 12.1 Å². The van der Waals surface area contributed by atoms with Gasteiger partial charge in [-0.3, -0.25) is 4.79 Å². The molecule has 0 aliphatic carbocycles. The summed E-state index contributed by atoms with van der Waals surface area (Å²) in [5.41, 5.74) is 1.30. The fourth-order valence-electron chi connectivity index (χ4n) is 2.76. The van der Waals surface area contributed by atoms with Crippen LogP contribution < -0.4 is 0 Å². The minimum atomic E-state index is -3.82. The standard InChI is InChI=1S/C15H20ClNO3S/c1-3-12-6-7-13(21(16,19)20)9-14(12)15(18)17-8-4-5-11(2)10-17/h6-7,9,11H,3-5,8,10H2,1-2H3. The third-order valence-corrected chi connectivity index (χ3v) is 5.27. The first-order chi connectivity index (χ1) is 9.82. The molecule has 1 amide bonds. The van der Waals surface area contributed by atoms with E-state index in [2.05, 4.69) is 6.92 Å². The highest BCUT2D eigenvalue weighted by molar-refractivity contribution is 8.13. The SMILES string of the molecule is CCc1ccc(S(=O)(=O)Cl)cc1C(=O)N1CCCC(C)C1. The van der Waals surface area contributed by atoms with E-state index >= 15 is 0 Å². The van der Waals surface area contributed by atoms with Crippen LogP contribution >= 0.6 is 10.7 Å². The van der Waals surface area contributed by atoms with Gasteiger partial charge in [0.05, 0.1) is 4.90 Å². The van der Waals surface area contributed by atoms with Crippen LogP contribution in [0.4, 0.5) is 0 Å². The van der Waals surface area contributed by atoms with Crippen molar-refractivity contribution < 1.29 is 13.2 Å². The number of nitrogens with zero attached hydrogens (tertiary/aromatic N) is 1. The van der Waals surface area contributed by atoms with E-state index in [1.54, 1.807) is 6.07 Å². The zero-order chi connectivity index (χ0) is 15.6. The Balaban J connectivity index is 2.38. The fraction of sp³-hybridized carbons (Fsp3) is 0.533. The minimum Gasteiger partial charge on any atom is -0.338 e. The highest BCUT2D eigenvalue weighted by Gasteiger charge is 2.24. The van der Waals surface area contributed by atoms with Crippen LogP contribution in [0, 0.1) is 5.92 Å². The lowest BCUT2D eigenvalue weighted by atomic mass is 9.98. The Hall–Kier alpha value is -1.07. The zero-order valence-electron chi connectivity index (χ0n) is 12.3. The van der Waals surface area contributed by atoms with Gasteiger partial charge < -0.3 is 4.90 Å². The summed E-state index contributed by atoms with van der Waals surface area (Å²) in [6.07, 6.45) is 2.79. The van der Waals surface area contributed by atoms with Crippen molar-refractivity contribution in [3.63, 3.8) is 0 Å². The molecule has 0 saturated carbocycles. The minimum absolute atomic E-state index is 0.0187. The maximum Gasteiger partial charge on any atom is 0.261 e. The van der Waals surface area contributed by atoms with Gasteiger partial charge in [0, 0.05) is 29.3 Å². The van der Waals surface area contributed by atoms with Crippen LogP contribution in [0.2, 0.25) is 0 Å². The van der Waals surface area contributed by atoms with E-state index in [1.807, 2.05) is 11.8 Å². The van der Waals surface area contributed by atoms with E-state index in [9.17, 15) is 13.2 Å². The van der Waals surface area contributed by atoms with Crippen molar-refractivity contribution >= 4 is 25.6 Å². The Morgan fingerprint density at radius 3 is 2.71 bits per heavy atom. The van der Waals surface area contributed by atoms with E-state index < -0.39 is 9.05 Å². The Kier molecular flexibility index (Phi) is 4.94. The molecule has 4 nitrogen and oxygen atoms in total. The molecule has 1 unspecified atom stereocenters. The zero-order valence-corrected chi connectivity index (χ0v) is 13.9. The summed E-state index contributed by atoms with van der Waals surface area (Å²) in [4.78, 5) is 14.5. The second kappa shape index (κ2) is 6.36. The molecule has 0 N–H and O–H groups in total. The van der Waals surface area contributed by atoms with Crippen molar-refractivity contribution in [2.75, 3.05) is 13.1 Å². The number of carbonyl (C=O) groups is 1. The maximum atomic E-state index is 12.7. The van der Waals surface area contributed by atoms with E-state index in [0.29, 0.717) is 17.9 Å². The third-order valence-electron chi connectivity index (χ3n) is 3.92. The lowest BCUT2D eigenvalue weighted by Gasteiger charge is -2.31. The quantitative estimate of drug-likeness (QED) is 0.801. The number of amides is 1. The Morgan fingerprint density at radius 1 is 1.43 bits per heavy atom. The van der Waals surface area contributed by atoms with Gasteiger partial charge in [-0.1, -0.05) is 19.9 Å². The largest absolute Gasteiger partial charge is 0.338 e. The summed E-state index contributed by atoms with van der Waals surface area (Å²) < 4.78 is 23.0. The monoisotopic (exact) mass is 329 g/mol. The van der Waals surface area contributed by atoms with Crippen molar-refractivity contribution in [1.82, 2.24) is 4.90 Å². The van der Waals surface area contributed by atoms with Crippen molar-refractivity contribution in [1.29, 1.82) is 0 Å². The van der Waals surface area contributed by atoms with Crippen molar-refractivity contribution in [3.05, 3.63) is 29.3 Å². The van der Waals surface area contributed by atoms with E-state index in [-0.39, 0.29) is 10.8 Å². The Morgan fingerprint density at radius 2 is 2.14 bits per heavy atom. The molecule has 2 rings (SSSR count). The lowest BCUT2D eigenvalue weighted by Crippen LogP contribution is -2.39. The first-order valence-corrected chi connectivity index (χ1v) is 9.50. The molecule has 1 heterocycles. The number of aryl methyl sites for hydroxylation is 1. The van der Waals surface area contributed by atoms with Crippen LogP contribution in [0.1, 0.15) is 42.6 Å². The second-order valence-electron chi connectivity index (χ2n) is 5.61. The van der Waals surface area contributed by atoms with Crippen LogP contribution in [-0.4, -0.2) is 32.3 Å². The predicted octanol–water partition coefficient (Wildman–Crippen LogP) is 3.05. The Bertz CT molecular complexity index is 642. The highest BCUT2D eigenvalue weighted by atomic mass is 35.7. The number of carbonyl (C=O) groups excluding carboxylic acids is 1. The normalized spacial score (nSPS) is 19.6. The van der Waals surface area contributed by atoms with Crippen LogP contribution in [0.25, 0.3) is 0 Å². The van der Waals surface area contributed by atoms with Gasteiger partial charge in [0.25, 0.3) is 15.0 Å². The second-order valence-corrected chi connectivity index (χ2v) is 8.17. The number of likely N-dealkylation sites (tertiary alicyclic amines) is 1. The molecule has 6 heteroatoms. The molecule has 1 fully saturated rings. The number of hydrogen-bond donors (Lipinski definition) is 0. The van der Waals surface area contributed by atoms with Gasteiger partial charge in [-0.15, -0.1) is 0 Å². The molecule has 116 valence electrons. The molecule has 1 atom stereocenters. The molecule has 1 aliphatic rings. The van der Waals surface area contributed by atoms with E-state index in [0.717, 1.165) is 31.5 Å². The van der Waals surface area contributed by atoms with E-state index in [4.69, 9.17) is 10.7 Å². The number of benzene rings is 1. The molecule has 1 saturated heterocycles. The third kappa shape index (κ3) is 3.77. The summed E-state index contributed by atoms with van der Waals surface area (Å²) in [7, 11) is 1.56.